The predicted octanol–water partition coefficient (Wildman–Crippen LogP) is -1.15. The SMILES string of the molecule is CC(=O)NC1CNC(CO)C1. The normalized spacial score (nSPS) is 30.4. The van der Waals surface area contributed by atoms with E-state index in [9.17, 15) is 4.79 Å². The van der Waals surface area contributed by atoms with Gasteiger partial charge >= 0.3 is 0 Å². The summed E-state index contributed by atoms with van der Waals surface area (Å²) in [6.07, 6.45) is 0.829. The third-order valence-corrected chi connectivity index (χ3v) is 1.85. The van der Waals surface area contributed by atoms with Crippen LogP contribution in [-0.4, -0.2) is 36.2 Å². The number of nitrogens with one attached hydrogen (secondary N) is 2. The van der Waals surface area contributed by atoms with Crippen LogP contribution in [-0.2, 0) is 4.79 Å². The summed E-state index contributed by atoms with van der Waals surface area (Å²) in [4.78, 5) is 10.6. The molecule has 4 heteroatoms. The first-order chi connectivity index (χ1) is 5.22. The van der Waals surface area contributed by atoms with Gasteiger partial charge < -0.3 is 15.7 Å². The van der Waals surface area contributed by atoms with Gasteiger partial charge in [0.15, 0.2) is 0 Å². The summed E-state index contributed by atoms with van der Waals surface area (Å²) in [7, 11) is 0. The summed E-state index contributed by atoms with van der Waals surface area (Å²) < 4.78 is 0. The van der Waals surface area contributed by atoms with Crippen LogP contribution in [0.3, 0.4) is 0 Å². The molecule has 1 fully saturated rings. The van der Waals surface area contributed by atoms with Crippen molar-refractivity contribution in [3.63, 3.8) is 0 Å². The Hall–Kier alpha value is -0.610. The maximum absolute atomic E-state index is 10.6. The summed E-state index contributed by atoms with van der Waals surface area (Å²) in [5.41, 5.74) is 0. The Morgan fingerprint density at radius 2 is 2.55 bits per heavy atom. The molecule has 2 atom stereocenters. The lowest BCUT2D eigenvalue weighted by molar-refractivity contribution is -0.119. The number of amides is 1. The molecule has 0 aromatic rings. The lowest BCUT2D eigenvalue weighted by Gasteiger charge is -2.08. The second kappa shape index (κ2) is 3.69. The summed E-state index contributed by atoms with van der Waals surface area (Å²) >= 11 is 0. The zero-order valence-corrected chi connectivity index (χ0v) is 6.63. The topological polar surface area (TPSA) is 61.4 Å². The average molecular weight is 158 g/mol. The first-order valence-electron chi connectivity index (χ1n) is 3.83. The Kier molecular flexibility index (Phi) is 2.84. The van der Waals surface area contributed by atoms with E-state index < -0.39 is 0 Å². The molecule has 0 radical (unpaired) electrons. The van der Waals surface area contributed by atoms with Crippen molar-refractivity contribution < 1.29 is 9.90 Å². The minimum Gasteiger partial charge on any atom is -0.395 e. The minimum absolute atomic E-state index is 0.00427. The van der Waals surface area contributed by atoms with E-state index in [1.807, 2.05) is 0 Å². The lowest BCUT2D eigenvalue weighted by atomic mass is 10.2. The van der Waals surface area contributed by atoms with Crippen LogP contribution in [0.15, 0.2) is 0 Å². The maximum atomic E-state index is 10.6. The number of hydrogen-bond donors (Lipinski definition) is 3. The first-order valence-corrected chi connectivity index (χ1v) is 3.83. The van der Waals surface area contributed by atoms with Gasteiger partial charge in [0, 0.05) is 25.6 Å². The molecule has 2 unspecified atom stereocenters. The number of aliphatic hydroxyl groups is 1. The molecule has 1 aliphatic rings. The smallest absolute Gasteiger partial charge is 0.217 e. The van der Waals surface area contributed by atoms with Gasteiger partial charge in [0.05, 0.1) is 6.61 Å². The molecule has 1 heterocycles. The van der Waals surface area contributed by atoms with Crippen LogP contribution in [0, 0.1) is 0 Å². The molecule has 3 N–H and O–H groups in total. The van der Waals surface area contributed by atoms with Gasteiger partial charge in [0.1, 0.15) is 0 Å². The first kappa shape index (κ1) is 8.49. The molecule has 1 rings (SSSR count). The van der Waals surface area contributed by atoms with E-state index in [-0.39, 0.29) is 24.6 Å². The Balaban J connectivity index is 2.24. The van der Waals surface area contributed by atoms with Crippen LogP contribution < -0.4 is 10.6 Å². The summed E-state index contributed by atoms with van der Waals surface area (Å²) in [5.74, 6) is -0.00427. The zero-order chi connectivity index (χ0) is 8.27. The Morgan fingerprint density at radius 3 is 3.00 bits per heavy atom. The summed E-state index contributed by atoms with van der Waals surface area (Å²) in [6, 6.07) is 0.358. The van der Waals surface area contributed by atoms with Crippen molar-refractivity contribution in [1.82, 2.24) is 10.6 Å². The molecule has 1 saturated heterocycles. The minimum atomic E-state index is -0.00427. The van der Waals surface area contributed by atoms with Gasteiger partial charge in [-0.2, -0.15) is 0 Å². The van der Waals surface area contributed by atoms with E-state index >= 15 is 0 Å². The van der Waals surface area contributed by atoms with E-state index in [0.29, 0.717) is 0 Å². The van der Waals surface area contributed by atoms with Gasteiger partial charge in [-0.05, 0) is 6.42 Å². The predicted molar refractivity (Wildman–Crippen MR) is 41.1 cm³/mol. The maximum Gasteiger partial charge on any atom is 0.217 e. The highest BCUT2D eigenvalue weighted by atomic mass is 16.3. The van der Waals surface area contributed by atoms with E-state index in [1.54, 1.807) is 0 Å². The lowest BCUT2D eigenvalue weighted by Crippen LogP contribution is -2.34. The standard InChI is InChI=1S/C7H14N2O2/c1-5(11)9-6-2-7(4-10)8-3-6/h6-8,10H,2-4H2,1H3,(H,9,11). The summed E-state index contributed by atoms with van der Waals surface area (Å²) in [5, 5.41) is 14.6. The van der Waals surface area contributed by atoms with Crippen LogP contribution in [0.5, 0.6) is 0 Å². The highest BCUT2D eigenvalue weighted by molar-refractivity contribution is 5.73. The van der Waals surface area contributed by atoms with Crippen LogP contribution in [0.1, 0.15) is 13.3 Å². The van der Waals surface area contributed by atoms with Gasteiger partial charge in [0.2, 0.25) is 5.91 Å². The van der Waals surface area contributed by atoms with Crippen LogP contribution >= 0.6 is 0 Å². The largest absolute Gasteiger partial charge is 0.395 e. The molecule has 0 aromatic heterocycles. The molecular formula is C7H14N2O2. The van der Waals surface area contributed by atoms with Gasteiger partial charge in [-0.1, -0.05) is 0 Å². The van der Waals surface area contributed by atoms with Gasteiger partial charge in [-0.25, -0.2) is 0 Å². The molecule has 11 heavy (non-hydrogen) atoms. The van der Waals surface area contributed by atoms with Gasteiger partial charge in [-0.3, -0.25) is 4.79 Å². The van der Waals surface area contributed by atoms with E-state index in [4.69, 9.17) is 5.11 Å². The van der Waals surface area contributed by atoms with Crippen LogP contribution in [0.4, 0.5) is 0 Å². The fraction of sp³-hybridized carbons (Fsp3) is 0.857. The molecule has 1 aliphatic heterocycles. The van der Waals surface area contributed by atoms with E-state index in [2.05, 4.69) is 10.6 Å². The molecule has 0 saturated carbocycles. The van der Waals surface area contributed by atoms with Crippen molar-refractivity contribution in [2.75, 3.05) is 13.2 Å². The third-order valence-electron chi connectivity index (χ3n) is 1.85. The number of hydrogen-bond acceptors (Lipinski definition) is 3. The molecule has 64 valence electrons. The molecular weight excluding hydrogens is 144 g/mol. The fourth-order valence-electron chi connectivity index (χ4n) is 1.36. The zero-order valence-electron chi connectivity index (χ0n) is 6.63. The van der Waals surface area contributed by atoms with Crippen LogP contribution in [0.25, 0.3) is 0 Å². The van der Waals surface area contributed by atoms with E-state index in [1.165, 1.54) is 6.92 Å². The summed E-state index contributed by atoms with van der Waals surface area (Å²) in [6.45, 7) is 2.42. The average Bonchev–Trinajstić information content (AvgIpc) is 2.34. The monoisotopic (exact) mass is 158 g/mol. The fourth-order valence-corrected chi connectivity index (χ4v) is 1.36. The molecule has 1 amide bonds. The van der Waals surface area contributed by atoms with Crippen molar-refractivity contribution in [3.8, 4) is 0 Å². The van der Waals surface area contributed by atoms with Crippen molar-refractivity contribution in [3.05, 3.63) is 0 Å². The molecule has 0 bridgehead atoms. The van der Waals surface area contributed by atoms with E-state index in [0.717, 1.165) is 13.0 Å². The Morgan fingerprint density at radius 1 is 1.82 bits per heavy atom. The molecule has 4 nitrogen and oxygen atoms in total. The quantitative estimate of drug-likeness (QED) is 0.475. The number of aliphatic hydroxyl groups excluding tert-OH is 1. The second-order valence-corrected chi connectivity index (χ2v) is 2.92. The highest BCUT2D eigenvalue weighted by Crippen LogP contribution is 2.04. The Labute approximate surface area is 66.0 Å². The second-order valence-electron chi connectivity index (χ2n) is 2.92. The van der Waals surface area contributed by atoms with Gasteiger partial charge in [0.25, 0.3) is 0 Å². The van der Waals surface area contributed by atoms with Crippen molar-refractivity contribution in [2.24, 2.45) is 0 Å². The molecule has 0 spiro atoms. The van der Waals surface area contributed by atoms with Crippen LogP contribution in [0.2, 0.25) is 0 Å². The number of carbonyl (C=O) groups excluding carboxylic acids is 1. The number of carbonyl (C=O) groups is 1. The van der Waals surface area contributed by atoms with Crippen molar-refractivity contribution in [2.45, 2.75) is 25.4 Å². The van der Waals surface area contributed by atoms with Crippen molar-refractivity contribution in [1.29, 1.82) is 0 Å². The highest BCUT2D eigenvalue weighted by Gasteiger charge is 2.23. The third kappa shape index (κ3) is 2.48. The molecule has 0 aromatic carbocycles. The van der Waals surface area contributed by atoms with Gasteiger partial charge in [-0.15, -0.1) is 0 Å². The number of rotatable bonds is 2. The van der Waals surface area contributed by atoms with Crippen molar-refractivity contribution >= 4 is 5.91 Å². The molecule has 0 aliphatic carbocycles. The Bertz CT molecular complexity index is 149.